The highest BCUT2D eigenvalue weighted by molar-refractivity contribution is 6.06. The van der Waals surface area contributed by atoms with Gasteiger partial charge in [-0.3, -0.25) is 4.79 Å². The van der Waals surface area contributed by atoms with Crippen molar-refractivity contribution >= 4 is 17.3 Å². The Labute approximate surface area is 117 Å². The molecule has 0 radical (unpaired) electrons. The molecule has 0 fully saturated rings. The van der Waals surface area contributed by atoms with E-state index in [4.69, 9.17) is 5.73 Å². The van der Waals surface area contributed by atoms with E-state index in [9.17, 15) is 22.4 Å². The van der Waals surface area contributed by atoms with E-state index in [0.29, 0.717) is 0 Å². The lowest BCUT2D eigenvalue weighted by atomic mass is 10.1. The molecule has 0 saturated heterocycles. The van der Waals surface area contributed by atoms with E-state index in [1.165, 1.54) is 12.1 Å². The van der Waals surface area contributed by atoms with E-state index in [1.807, 2.05) is 0 Å². The number of hydrogen-bond donors (Lipinski definition) is 2. The molecule has 21 heavy (non-hydrogen) atoms. The Kier molecular flexibility index (Phi) is 3.84. The third kappa shape index (κ3) is 3.50. The minimum absolute atomic E-state index is 0.0345. The normalized spacial score (nSPS) is 11.2. The molecule has 2 rings (SSSR count). The number of nitrogens with two attached hydrogens (primary N) is 1. The highest BCUT2D eigenvalue weighted by Crippen LogP contribution is 2.33. The summed E-state index contributed by atoms with van der Waals surface area (Å²) in [5.74, 6) is -1.49. The minimum atomic E-state index is -4.68. The average Bonchev–Trinajstić information content (AvgIpc) is 2.40. The third-order valence-corrected chi connectivity index (χ3v) is 2.70. The summed E-state index contributed by atoms with van der Waals surface area (Å²) >= 11 is 0. The topological polar surface area (TPSA) is 55.1 Å². The Morgan fingerprint density at radius 1 is 1.05 bits per heavy atom. The molecule has 0 spiro atoms. The zero-order chi connectivity index (χ0) is 15.6. The van der Waals surface area contributed by atoms with Crippen LogP contribution in [0.1, 0.15) is 15.9 Å². The number of amides is 1. The van der Waals surface area contributed by atoms with Gasteiger partial charge in [0.25, 0.3) is 5.91 Å². The van der Waals surface area contributed by atoms with Gasteiger partial charge in [-0.05, 0) is 42.5 Å². The van der Waals surface area contributed by atoms with Gasteiger partial charge in [-0.25, -0.2) is 4.39 Å². The average molecular weight is 298 g/mol. The number of rotatable bonds is 2. The maximum absolute atomic E-state index is 12.9. The third-order valence-electron chi connectivity index (χ3n) is 2.70. The van der Waals surface area contributed by atoms with Crippen molar-refractivity contribution in [3.8, 4) is 0 Å². The number of carbonyl (C=O) groups is 1. The summed E-state index contributed by atoms with van der Waals surface area (Å²) < 4.78 is 51.3. The molecule has 1 amide bonds. The monoisotopic (exact) mass is 298 g/mol. The predicted molar refractivity (Wildman–Crippen MR) is 70.2 cm³/mol. The van der Waals surface area contributed by atoms with Gasteiger partial charge in [0.2, 0.25) is 0 Å². The molecule has 2 aromatic carbocycles. The first-order valence-corrected chi connectivity index (χ1v) is 5.81. The van der Waals surface area contributed by atoms with E-state index >= 15 is 0 Å². The summed E-state index contributed by atoms with van der Waals surface area (Å²) in [6.07, 6.45) is -4.68. The summed E-state index contributed by atoms with van der Waals surface area (Å²) in [5, 5.41) is 2.26. The van der Waals surface area contributed by atoms with Crippen LogP contribution in [0.3, 0.4) is 0 Å². The van der Waals surface area contributed by atoms with Crippen LogP contribution in [0, 0.1) is 5.82 Å². The van der Waals surface area contributed by atoms with E-state index in [-0.39, 0.29) is 11.4 Å². The van der Waals surface area contributed by atoms with Crippen LogP contribution < -0.4 is 11.1 Å². The zero-order valence-corrected chi connectivity index (χ0v) is 10.5. The van der Waals surface area contributed by atoms with E-state index in [2.05, 4.69) is 5.32 Å². The molecule has 0 saturated carbocycles. The number of hydrogen-bond acceptors (Lipinski definition) is 2. The quantitative estimate of drug-likeness (QED) is 0.656. The summed E-state index contributed by atoms with van der Waals surface area (Å²) in [6, 6.07) is 7.41. The largest absolute Gasteiger partial charge is 0.417 e. The van der Waals surface area contributed by atoms with Crippen LogP contribution in [0.15, 0.2) is 42.5 Å². The number of benzene rings is 2. The molecule has 0 atom stereocenters. The fraction of sp³-hybridized carbons (Fsp3) is 0.0714. The van der Waals surface area contributed by atoms with Gasteiger partial charge in [-0.15, -0.1) is 0 Å². The van der Waals surface area contributed by atoms with Gasteiger partial charge in [-0.1, -0.05) is 0 Å². The molecule has 3 N–H and O–H groups in total. The zero-order valence-electron chi connectivity index (χ0n) is 10.5. The fourth-order valence-corrected chi connectivity index (χ4v) is 1.73. The van der Waals surface area contributed by atoms with Gasteiger partial charge in [-0.2, -0.15) is 13.2 Å². The fourth-order valence-electron chi connectivity index (χ4n) is 1.73. The summed E-state index contributed by atoms with van der Waals surface area (Å²) in [7, 11) is 0. The van der Waals surface area contributed by atoms with Crippen LogP contribution in [0.4, 0.5) is 28.9 Å². The number of anilines is 2. The second-order valence-corrected chi connectivity index (χ2v) is 4.26. The van der Waals surface area contributed by atoms with Crippen molar-refractivity contribution in [2.45, 2.75) is 6.18 Å². The molecule has 0 aliphatic rings. The number of carbonyl (C=O) groups excluding carboxylic acids is 1. The lowest BCUT2D eigenvalue weighted by Crippen LogP contribution is -2.19. The van der Waals surface area contributed by atoms with Crippen molar-refractivity contribution in [3.05, 3.63) is 59.4 Å². The van der Waals surface area contributed by atoms with Gasteiger partial charge in [0.1, 0.15) is 5.82 Å². The number of nitrogens with one attached hydrogen (secondary N) is 1. The highest BCUT2D eigenvalue weighted by atomic mass is 19.4. The second-order valence-electron chi connectivity index (χ2n) is 4.26. The Morgan fingerprint density at radius 3 is 2.24 bits per heavy atom. The molecule has 7 heteroatoms. The molecule has 0 heterocycles. The Bertz CT molecular complexity index is 666. The summed E-state index contributed by atoms with van der Waals surface area (Å²) in [5.41, 5.74) is 3.96. The Hall–Kier alpha value is -2.57. The van der Waals surface area contributed by atoms with E-state index in [1.54, 1.807) is 0 Å². The molecule has 3 nitrogen and oxygen atoms in total. The van der Waals surface area contributed by atoms with Gasteiger partial charge < -0.3 is 11.1 Å². The van der Waals surface area contributed by atoms with Crippen LogP contribution in [0.5, 0.6) is 0 Å². The molecule has 0 aromatic heterocycles. The van der Waals surface area contributed by atoms with Crippen LogP contribution in [-0.2, 0) is 6.18 Å². The van der Waals surface area contributed by atoms with Crippen molar-refractivity contribution in [2.75, 3.05) is 11.1 Å². The van der Waals surface area contributed by atoms with Crippen LogP contribution >= 0.6 is 0 Å². The first-order chi connectivity index (χ1) is 9.77. The van der Waals surface area contributed by atoms with Crippen molar-refractivity contribution in [3.63, 3.8) is 0 Å². The maximum atomic E-state index is 12.9. The molecule has 2 aromatic rings. The smallest absolute Gasteiger partial charge is 0.399 e. The van der Waals surface area contributed by atoms with Crippen molar-refractivity contribution in [2.24, 2.45) is 0 Å². The molecular formula is C14H10F4N2O. The molecule has 110 valence electrons. The van der Waals surface area contributed by atoms with Crippen molar-refractivity contribution < 1.29 is 22.4 Å². The van der Waals surface area contributed by atoms with Crippen LogP contribution in [-0.4, -0.2) is 5.91 Å². The first kappa shape index (κ1) is 14.8. The van der Waals surface area contributed by atoms with Gasteiger partial charge in [0, 0.05) is 11.4 Å². The summed E-state index contributed by atoms with van der Waals surface area (Å²) in [6.45, 7) is 0. The number of alkyl halides is 3. The van der Waals surface area contributed by atoms with Gasteiger partial charge in [0.05, 0.1) is 11.1 Å². The van der Waals surface area contributed by atoms with E-state index in [0.717, 1.165) is 30.3 Å². The molecule has 0 unspecified atom stereocenters. The van der Waals surface area contributed by atoms with Gasteiger partial charge >= 0.3 is 6.18 Å². The van der Waals surface area contributed by atoms with Crippen LogP contribution in [0.2, 0.25) is 0 Å². The minimum Gasteiger partial charge on any atom is -0.399 e. The molecular weight excluding hydrogens is 288 g/mol. The SMILES string of the molecule is Nc1ccc(C(F)(F)F)c(C(=O)Nc2ccc(F)cc2)c1. The number of halogens is 4. The second kappa shape index (κ2) is 5.43. The van der Waals surface area contributed by atoms with Gasteiger partial charge in [0.15, 0.2) is 0 Å². The summed E-state index contributed by atoms with van der Waals surface area (Å²) in [4.78, 5) is 12.0. The standard InChI is InChI=1S/C14H10F4N2O/c15-8-1-4-10(5-2-8)20-13(21)11-7-9(19)3-6-12(11)14(16,17)18/h1-7H,19H2,(H,20,21). The molecule has 0 aliphatic carbocycles. The van der Waals surface area contributed by atoms with Crippen molar-refractivity contribution in [1.82, 2.24) is 0 Å². The lowest BCUT2D eigenvalue weighted by molar-refractivity contribution is -0.137. The molecule has 0 bridgehead atoms. The molecule has 0 aliphatic heterocycles. The Morgan fingerprint density at radius 2 is 1.67 bits per heavy atom. The highest BCUT2D eigenvalue weighted by Gasteiger charge is 2.35. The van der Waals surface area contributed by atoms with E-state index < -0.39 is 29.0 Å². The number of nitrogen functional groups attached to an aromatic ring is 1. The predicted octanol–water partition coefficient (Wildman–Crippen LogP) is 3.68. The Balaban J connectivity index is 2.34. The van der Waals surface area contributed by atoms with Crippen molar-refractivity contribution in [1.29, 1.82) is 0 Å². The lowest BCUT2D eigenvalue weighted by Gasteiger charge is -2.13. The van der Waals surface area contributed by atoms with Crippen LogP contribution in [0.25, 0.3) is 0 Å². The maximum Gasteiger partial charge on any atom is 0.417 e. The first-order valence-electron chi connectivity index (χ1n) is 5.81.